The zero-order valence-corrected chi connectivity index (χ0v) is 6.93. The molecule has 0 saturated heterocycles. The highest BCUT2D eigenvalue weighted by atomic mass is 32.2. The van der Waals surface area contributed by atoms with Crippen LogP contribution < -0.4 is 0 Å². The summed E-state index contributed by atoms with van der Waals surface area (Å²) in [7, 11) is 0. The number of thioether (sulfide) groups is 1. The smallest absolute Gasteiger partial charge is 0.165 e. The normalized spacial score (nSPS) is 17.0. The third-order valence-electron chi connectivity index (χ3n) is 1.51. The van der Waals surface area contributed by atoms with Crippen LogP contribution in [0.1, 0.15) is 16.8 Å². The Kier molecular flexibility index (Phi) is 1.54. The van der Waals surface area contributed by atoms with Gasteiger partial charge in [0.1, 0.15) is 0 Å². The molecule has 2 rings (SSSR count). The van der Waals surface area contributed by atoms with E-state index in [1.165, 1.54) is 4.90 Å². The van der Waals surface area contributed by atoms with Crippen molar-refractivity contribution in [1.29, 1.82) is 0 Å². The van der Waals surface area contributed by atoms with E-state index < -0.39 is 0 Å². The van der Waals surface area contributed by atoms with Crippen molar-refractivity contribution < 1.29 is 4.79 Å². The Labute approximate surface area is 67.4 Å². The molecule has 0 fully saturated rings. The van der Waals surface area contributed by atoms with Crippen LogP contribution in [0.15, 0.2) is 15.7 Å². The van der Waals surface area contributed by atoms with Crippen LogP contribution >= 0.6 is 23.1 Å². The van der Waals surface area contributed by atoms with Gasteiger partial charge >= 0.3 is 0 Å². The van der Waals surface area contributed by atoms with E-state index in [1.807, 2.05) is 5.38 Å². The van der Waals surface area contributed by atoms with Crippen LogP contribution in [0, 0.1) is 0 Å². The highest BCUT2D eigenvalue weighted by molar-refractivity contribution is 7.99. The summed E-state index contributed by atoms with van der Waals surface area (Å²) in [6, 6.07) is 0. The first kappa shape index (κ1) is 6.43. The molecule has 0 amide bonds. The molecule has 1 aromatic rings. The summed E-state index contributed by atoms with van der Waals surface area (Å²) < 4.78 is 0. The van der Waals surface area contributed by atoms with E-state index in [4.69, 9.17) is 0 Å². The zero-order chi connectivity index (χ0) is 6.97. The van der Waals surface area contributed by atoms with Gasteiger partial charge in [-0.2, -0.15) is 11.3 Å². The standard InChI is InChI=1S/C7H6OS2/c8-6-1-2-10-7-4-9-3-5(6)7/h3-4H,1-2H2. The zero-order valence-electron chi connectivity index (χ0n) is 5.29. The molecule has 0 aliphatic carbocycles. The number of thiophene rings is 1. The number of Topliss-reactive ketones (excluding diaryl/α,β-unsaturated/α-hetero) is 1. The van der Waals surface area contributed by atoms with Gasteiger partial charge in [-0.25, -0.2) is 0 Å². The second kappa shape index (κ2) is 2.40. The van der Waals surface area contributed by atoms with E-state index in [1.54, 1.807) is 23.1 Å². The summed E-state index contributed by atoms with van der Waals surface area (Å²) in [5, 5.41) is 4.00. The van der Waals surface area contributed by atoms with E-state index in [0.29, 0.717) is 12.2 Å². The minimum Gasteiger partial charge on any atom is -0.294 e. The number of hydrogen-bond donors (Lipinski definition) is 0. The summed E-state index contributed by atoms with van der Waals surface area (Å²) in [6.45, 7) is 0. The molecule has 0 aromatic carbocycles. The molecule has 52 valence electrons. The number of hydrogen-bond acceptors (Lipinski definition) is 3. The Morgan fingerprint density at radius 3 is 3.10 bits per heavy atom. The molecule has 0 unspecified atom stereocenters. The topological polar surface area (TPSA) is 17.1 Å². The largest absolute Gasteiger partial charge is 0.294 e. The average Bonchev–Trinajstić information content (AvgIpc) is 2.36. The number of rotatable bonds is 0. The van der Waals surface area contributed by atoms with Crippen molar-refractivity contribution in [3.8, 4) is 0 Å². The second-order valence-corrected chi connectivity index (χ2v) is 4.05. The second-order valence-electron chi connectivity index (χ2n) is 2.17. The van der Waals surface area contributed by atoms with Crippen LogP contribution in [0.25, 0.3) is 0 Å². The monoisotopic (exact) mass is 170 g/mol. The number of fused-ring (bicyclic) bond motifs is 1. The van der Waals surface area contributed by atoms with Crippen LogP contribution in [0.2, 0.25) is 0 Å². The predicted octanol–water partition coefficient (Wildman–Crippen LogP) is 2.43. The molecule has 1 aliphatic heterocycles. The molecular formula is C7H6OS2. The molecule has 0 spiro atoms. The van der Waals surface area contributed by atoms with Gasteiger partial charge in [0, 0.05) is 33.4 Å². The van der Waals surface area contributed by atoms with Crippen LogP contribution in [0.4, 0.5) is 0 Å². The lowest BCUT2D eigenvalue weighted by molar-refractivity contribution is 0.0985. The van der Waals surface area contributed by atoms with E-state index in [9.17, 15) is 4.79 Å². The van der Waals surface area contributed by atoms with Crippen molar-refractivity contribution in [1.82, 2.24) is 0 Å². The highest BCUT2D eigenvalue weighted by Crippen LogP contribution is 2.32. The Morgan fingerprint density at radius 2 is 2.30 bits per heavy atom. The fourth-order valence-corrected chi connectivity index (χ4v) is 3.05. The van der Waals surface area contributed by atoms with Crippen molar-refractivity contribution in [2.45, 2.75) is 11.3 Å². The summed E-state index contributed by atoms with van der Waals surface area (Å²) >= 11 is 3.41. The van der Waals surface area contributed by atoms with E-state index in [-0.39, 0.29) is 0 Å². The van der Waals surface area contributed by atoms with E-state index in [2.05, 4.69) is 5.38 Å². The summed E-state index contributed by atoms with van der Waals surface area (Å²) in [5.41, 5.74) is 0.946. The molecule has 0 N–H and O–H groups in total. The predicted molar refractivity (Wildman–Crippen MR) is 44.0 cm³/mol. The SMILES string of the molecule is O=C1CCSc2cscc21. The maximum atomic E-state index is 11.1. The van der Waals surface area contributed by atoms with Crippen molar-refractivity contribution in [2.75, 3.05) is 5.75 Å². The van der Waals surface area contributed by atoms with Gasteiger partial charge in [0.15, 0.2) is 5.78 Å². The highest BCUT2D eigenvalue weighted by Gasteiger charge is 2.17. The maximum Gasteiger partial charge on any atom is 0.165 e. The third-order valence-corrected chi connectivity index (χ3v) is 3.46. The van der Waals surface area contributed by atoms with Crippen molar-refractivity contribution in [3.63, 3.8) is 0 Å². The Bertz CT molecular complexity index is 264. The summed E-state index contributed by atoms with van der Waals surface area (Å²) in [4.78, 5) is 12.3. The molecular weight excluding hydrogens is 164 g/mol. The van der Waals surface area contributed by atoms with Crippen LogP contribution in [-0.2, 0) is 0 Å². The molecule has 0 saturated carbocycles. The fraction of sp³-hybridized carbons (Fsp3) is 0.286. The van der Waals surface area contributed by atoms with Crippen molar-refractivity contribution in [3.05, 3.63) is 16.3 Å². The van der Waals surface area contributed by atoms with Crippen LogP contribution in [0.3, 0.4) is 0 Å². The molecule has 1 aromatic heterocycles. The van der Waals surface area contributed by atoms with Gasteiger partial charge in [-0.05, 0) is 0 Å². The van der Waals surface area contributed by atoms with Gasteiger partial charge in [0.05, 0.1) is 0 Å². The van der Waals surface area contributed by atoms with Gasteiger partial charge in [-0.3, -0.25) is 4.79 Å². The first-order valence-corrected chi connectivity index (χ1v) is 5.03. The first-order valence-electron chi connectivity index (χ1n) is 3.10. The molecule has 1 nitrogen and oxygen atoms in total. The van der Waals surface area contributed by atoms with Gasteiger partial charge < -0.3 is 0 Å². The molecule has 2 heterocycles. The number of ketones is 1. The Morgan fingerprint density at radius 1 is 1.40 bits per heavy atom. The van der Waals surface area contributed by atoms with E-state index in [0.717, 1.165) is 11.3 Å². The first-order chi connectivity index (χ1) is 4.88. The summed E-state index contributed by atoms with van der Waals surface area (Å²) in [6.07, 6.45) is 0.717. The number of carbonyl (C=O) groups excluding carboxylic acids is 1. The lowest BCUT2D eigenvalue weighted by atomic mass is 10.2. The van der Waals surface area contributed by atoms with Gasteiger partial charge in [-0.1, -0.05) is 0 Å². The Hall–Kier alpha value is -0.280. The molecule has 3 heteroatoms. The maximum absolute atomic E-state index is 11.1. The van der Waals surface area contributed by atoms with Crippen molar-refractivity contribution in [2.24, 2.45) is 0 Å². The lowest BCUT2D eigenvalue weighted by Crippen LogP contribution is -2.04. The fourth-order valence-electron chi connectivity index (χ4n) is 0.989. The lowest BCUT2D eigenvalue weighted by Gasteiger charge is -2.07. The number of carbonyl (C=O) groups is 1. The van der Waals surface area contributed by atoms with Crippen LogP contribution in [0.5, 0.6) is 0 Å². The molecule has 0 bridgehead atoms. The van der Waals surface area contributed by atoms with Gasteiger partial charge in [0.25, 0.3) is 0 Å². The molecule has 0 atom stereocenters. The van der Waals surface area contributed by atoms with Crippen molar-refractivity contribution >= 4 is 28.9 Å². The van der Waals surface area contributed by atoms with Gasteiger partial charge in [-0.15, -0.1) is 11.8 Å². The van der Waals surface area contributed by atoms with Gasteiger partial charge in [0.2, 0.25) is 0 Å². The summed E-state index contributed by atoms with van der Waals surface area (Å²) in [5.74, 6) is 1.28. The molecule has 1 aliphatic rings. The van der Waals surface area contributed by atoms with E-state index >= 15 is 0 Å². The molecule has 0 radical (unpaired) electrons. The van der Waals surface area contributed by atoms with Crippen LogP contribution in [-0.4, -0.2) is 11.5 Å². The average molecular weight is 170 g/mol. The third kappa shape index (κ3) is 0.896. The quantitative estimate of drug-likeness (QED) is 0.595. The Balaban J connectivity index is 2.50. The minimum atomic E-state index is 0.315. The molecule has 10 heavy (non-hydrogen) atoms. The minimum absolute atomic E-state index is 0.315.